The zero-order chi connectivity index (χ0) is 26.7. The lowest BCUT2D eigenvalue weighted by Crippen LogP contribution is -2.32. The zero-order valence-electron chi connectivity index (χ0n) is 19.9. The van der Waals surface area contributed by atoms with Gasteiger partial charge < -0.3 is 4.74 Å². The molecule has 0 heterocycles. The van der Waals surface area contributed by atoms with Gasteiger partial charge in [0.05, 0.1) is 18.4 Å². The monoisotopic (exact) mass is 566 g/mol. The van der Waals surface area contributed by atoms with Gasteiger partial charge in [-0.25, -0.2) is 0 Å². The highest BCUT2D eigenvalue weighted by Gasteiger charge is 2.41. The highest BCUT2D eigenvalue weighted by atomic mass is 35.5. The van der Waals surface area contributed by atoms with E-state index in [1.54, 1.807) is 24.3 Å². The van der Waals surface area contributed by atoms with E-state index in [1.165, 1.54) is 6.07 Å². The third kappa shape index (κ3) is 5.77. The maximum Gasteiger partial charge on any atom is 0.264 e. The standard InChI is InChI=1S/C24H24Cl2N4O6S/c1-37(33,34)36-20-13-18-15(22(20)28-29-27)4-5-17-21(18)24(32)16-3-2-14(12-19(16)23(17)31)35-11-10-30(8-6-25)9-7-26/h2-5,12,20,22H,6-11,13H2,1H3. The fraction of sp³-hybridized carbons (Fsp3) is 0.417. The van der Waals surface area contributed by atoms with Crippen molar-refractivity contribution < 1.29 is 26.9 Å². The molecule has 2 aliphatic carbocycles. The van der Waals surface area contributed by atoms with Gasteiger partial charge in [-0.3, -0.25) is 18.7 Å². The summed E-state index contributed by atoms with van der Waals surface area (Å²) in [5, 5.41) is 3.70. The molecule has 0 saturated carbocycles. The van der Waals surface area contributed by atoms with E-state index in [2.05, 4.69) is 14.9 Å². The number of benzene rings is 2. The summed E-state index contributed by atoms with van der Waals surface area (Å²) in [5.41, 5.74) is 10.7. The molecule has 2 unspecified atom stereocenters. The molecule has 0 spiro atoms. The van der Waals surface area contributed by atoms with Crippen LogP contribution in [0, 0.1) is 0 Å². The number of ether oxygens (including phenoxy) is 1. The molecule has 0 N–H and O–H groups in total. The van der Waals surface area contributed by atoms with Gasteiger partial charge in [0, 0.05) is 65.0 Å². The Morgan fingerprint density at radius 3 is 2.41 bits per heavy atom. The fourth-order valence-corrected chi connectivity index (χ4v) is 5.87. The average molecular weight is 567 g/mol. The summed E-state index contributed by atoms with van der Waals surface area (Å²) >= 11 is 11.6. The molecule has 0 saturated heterocycles. The summed E-state index contributed by atoms with van der Waals surface area (Å²) < 4.78 is 34.5. The van der Waals surface area contributed by atoms with Gasteiger partial charge in [0.25, 0.3) is 10.1 Å². The van der Waals surface area contributed by atoms with Crippen LogP contribution in [0.15, 0.2) is 35.4 Å². The van der Waals surface area contributed by atoms with Crippen molar-refractivity contribution in [2.24, 2.45) is 5.11 Å². The van der Waals surface area contributed by atoms with E-state index in [0.29, 0.717) is 54.9 Å². The van der Waals surface area contributed by atoms with Crippen molar-refractivity contribution in [3.05, 3.63) is 74.2 Å². The molecular weight excluding hydrogens is 543 g/mol. The minimum absolute atomic E-state index is 0.00587. The summed E-state index contributed by atoms with van der Waals surface area (Å²) in [7, 11) is -3.86. The smallest absolute Gasteiger partial charge is 0.264 e. The SMILES string of the molecule is CS(=O)(=O)OC1Cc2c(ccc3c2C(=O)c2ccc(OCCN(CCCl)CCCl)cc2C3=O)C1N=[N+]=[N-]. The molecule has 37 heavy (non-hydrogen) atoms. The summed E-state index contributed by atoms with van der Waals surface area (Å²) in [6, 6.07) is 6.87. The van der Waals surface area contributed by atoms with Crippen LogP contribution in [0.5, 0.6) is 5.75 Å². The molecule has 2 atom stereocenters. The van der Waals surface area contributed by atoms with E-state index in [1.807, 2.05) is 0 Å². The Hall–Kier alpha value is -2.66. The maximum atomic E-state index is 13.5. The van der Waals surface area contributed by atoms with Crippen molar-refractivity contribution in [3.63, 3.8) is 0 Å². The van der Waals surface area contributed by atoms with Crippen LogP contribution in [0.2, 0.25) is 0 Å². The molecule has 0 aliphatic heterocycles. The molecular formula is C24H24Cl2N4O6S. The van der Waals surface area contributed by atoms with Crippen LogP contribution in [0.3, 0.4) is 0 Å². The Kier molecular flexibility index (Phi) is 8.42. The molecule has 0 amide bonds. The number of carbonyl (C=O) groups is 2. The second-order valence-electron chi connectivity index (χ2n) is 8.68. The van der Waals surface area contributed by atoms with Crippen LogP contribution in [0.1, 0.15) is 49.0 Å². The minimum atomic E-state index is -3.86. The van der Waals surface area contributed by atoms with E-state index < -0.39 is 22.3 Å². The Labute approximate surface area is 224 Å². The lowest BCUT2D eigenvalue weighted by molar-refractivity contribution is 0.0977. The largest absolute Gasteiger partial charge is 0.492 e. The highest BCUT2D eigenvalue weighted by Crippen LogP contribution is 2.42. The highest BCUT2D eigenvalue weighted by molar-refractivity contribution is 7.86. The lowest BCUT2D eigenvalue weighted by Gasteiger charge is -2.22. The van der Waals surface area contributed by atoms with Gasteiger partial charge in [-0.05, 0) is 40.9 Å². The third-order valence-corrected chi connectivity index (χ3v) is 7.26. The fourth-order valence-electron chi connectivity index (χ4n) is 4.77. The lowest BCUT2D eigenvalue weighted by atomic mass is 9.80. The van der Waals surface area contributed by atoms with Crippen molar-refractivity contribution in [3.8, 4) is 5.75 Å². The normalized spacial score (nSPS) is 18.3. The Balaban J connectivity index is 1.61. The summed E-state index contributed by atoms with van der Waals surface area (Å²) in [4.78, 5) is 31.8. The van der Waals surface area contributed by atoms with Gasteiger partial charge in [0.1, 0.15) is 12.4 Å². The zero-order valence-corrected chi connectivity index (χ0v) is 22.2. The van der Waals surface area contributed by atoms with Gasteiger partial charge in [0.15, 0.2) is 11.6 Å². The molecule has 2 aromatic carbocycles. The van der Waals surface area contributed by atoms with Crippen LogP contribution in [-0.2, 0) is 20.7 Å². The Morgan fingerprint density at radius 1 is 1.05 bits per heavy atom. The van der Waals surface area contributed by atoms with Gasteiger partial charge in [-0.1, -0.05) is 11.2 Å². The molecule has 196 valence electrons. The number of carbonyl (C=O) groups excluding carboxylic acids is 2. The molecule has 2 aliphatic rings. The van der Waals surface area contributed by atoms with Crippen LogP contribution in [0.4, 0.5) is 0 Å². The van der Waals surface area contributed by atoms with Crippen molar-refractivity contribution in [1.82, 2.24) is 4.90 Å². The number of nitrogens with zero attached hydrogens (tertiary/aromatic N) is 4. The number of ketones is 2. The third-order valence-electron chi connectivity index (χ3n) is 6.33. The summed E-state index contributed by atoms with van der Waals surface area (Å²) in [6.45, 7) is 2.29. The first kappa shape index (κ1) is 27.4. The van der Waals surface area contributed by atoms with Crippen LogP contribution in [0.25, 0.3) is 10.4 Å². The molecule has 0 radical (unpaired) electrons. The number of rotatable bonds is 11. The van der Waals surface area contributed by atoms with Crippen LogP contribution in [-0.4, -0.2) is 75.2 Å². The van der Waals surface area contributed by atoms with Crippen molar-refractivity contribution in [2.75, 3.05) is 44.3 Å². The van der Waals surface area contributed by atoms with E-state index in [9.17, 15) is 18.0 Å². The molecule has 2 aromatic rings. The number of hydrogen-bond acceptors (Lipinski definition) is 8. The van der Waals surface area contributed by atoms with Gasteiger partial charge in [0.2, 0.25) is 0 Å². The Morgan fingerprint density at radius 2 is 1.76 bits per heavy atom. The van der Waals surface area contributed by atoms with Gasteiger partial charge >= 0.3 is 0 Å². The predicted octanol–water partition coefficient (Wildman–Crippen LogP) is 3.87. The number of hydrogen-bond donors (Lipinski definition) is 0. The van der Waals surface area contributed by atoms with E-state index >= 15 is 0 Å². The minimum Gasteiger partial charge on any atom is -0.492 e. The molecule has 13 heteroatoms. The summed E-state index contributed by atoms with van der Waals surface area (Å²) in [5.74, 6) is 0.673. The van der Waals surface area contributed by atoms with E-state index in [0.717, 1.165) is 6.26 Å². The second kappa shape index (κ2) is 11.4. The van der Waals surface area contributed by atoms with E-state index in [4.69, 9.17) is 37.7 Å². The Bertz CT molecular complexity index is 1390. The maximum absolute atomic E-state index is 13.5. The van der Waals surface area contributed by atoms with Gasteiger partial charge in [-0.15, -0.1) is 23.2 Å². The average Bonchev–Trinajstić information content (AvgIpc) is 3.18. The predicted molar refractivity (Wildman–Crippen MR) is 138 cm³/mol. The van der Waals surface area contributed by atoms with E-state index in [-0.39, 0.29) is 40.2 Å². The first-order valence-corrected chi connectivity index (χ1v) is 14.4. The number of halogens is 2. The first-order chi connectivity index (χ1) is 17.7. The van der Waals surface area contributed by atoms with Crippen molar-refractivity contribution in [2.45, 2.75) is 18.6 Å². The second-order valence-corrected chi connectivity index (χ2v) is 11.0. The molecule has 0 fully saturated rings. The number of alkyl halides is 2. The van der Waals surface area contributed by atoms with Crippen molar-refractivity contribution >= 4 is 44.9 Å². The molecule has 0 aromatic heterocycles. The quantitative estimate of drug-likeness (QED) is 0.113. The molecule has 0 bridgehead atoms. The summed E-state index contributed by atoms with van der Waals surface area (Å²) in [6.07, 6.45) is -0.104. The number of azide groups is 1. The topological polar surface area (TPSA) is 139 Å². The van der Waals surface area contributed by atoms with Gasteiger partial charge in [-0.2, -0.15) is 8.42 Å². The molecule has 10 nitrogen and oxygen atoms in total. The van der Waals surface area contributed by atoms with Crippen LogP contribution >= 0.6 is 23.2 Å². The first-order valence-electron chi connectivity index (χ1n) is 11.5. The van der Waals surface area contributed by atoms with Crippen molar-refractivity contribution in [1.29, 1.82) is 0 Å². The van der Waals surface area contributed by atoms with Crippen LogP contribution < -0.4 is 4.74 Å². The molecule has 4 rings (SSSR count). The number of fused-ring (bicyclic) bond motifs is 4.